The molecule has 4 rings (SSSR count). The standard InChI is InChI=1S/C22H27N3O5/c1-13-19(17(26)12-29-13)24-21(27)16(11-14-7-3-2-4-8-14)23-20-15-9-5-6-10-18(15)30-22(28)25-20/h5-6,9-10,13-14,16,19H,2-4,7-8,11-12H2,1H3,(H,24,27)(H,23,25,28)/t13-,16?,19-/m0/s1. The van der Waals surface area contributed by atoms with Crippen LogP contribution in [-0.4, -0.2) is 41.5 Å². The maximum absolute atomic E-state index is 13.2. The van der Waals surface area contributed by atoms with Crippen LogP contribution in [0.25, 0.3) is 11.0 Å². The molecule has 1 aliphatic carbocycles. The SMILES string of the molecule is C[C@@H]1OCC(=O)[C@H]1NC(=O)C(CC1CCCCC1)Nc1nc(=O)oc2ccccc12. The van der Waals surface area contributed by atoms with Crippen LogP contribution in [0.5, 0.6) is 0 Å². The van der Waals surface area contributed by atoms with Gasteiger partial charge in [0.25, 0.3) is 0 Å². The highest BCUT2D eigenvalue weighted by molar-refractivity contribution is 5.95. The Balaban J connectivity index is 1.59. The summed E-state index contributed by atoms with van der Waals surface area (Å²) < 4.78 is 10.5. The second kappa shape index (κ2) is 8.95. The molecule has 8 heteroatoms. The van der Waals surface area contributed by atoms with Crippen molar-refractivity contribution in [1.82, 2.24) is 10.3 Å². The zero-order valence-electron chi connectivity index (χ0n) is 17.1. The first kappa shape index (κ1) is 20.5. The Kier molecular flexibility index (Phi) is 6.13. The smallest absolute Gasteiger partial charge is 0.408 e. The number of para-hydroxylation sites is 1. The Morgan fingerprint density at radius 1 is 1.20 bits per heavy atom. The highest BCUT2D eigenvalue weighted by atomic mass is 16.5. The van der Waals surface area contributed by atoms with Crippen molar-refractivity contribution in [3.63, 3.8) is 0 Å². The van der Waals surface area contributed by atoms with Gasteiger partial charge in [-0.05, 0) is 31.4 Å². The fraction of sp³-hybridized carbons (Fsp3) is 0.545. The minimum Gasteiger partial charge on any atom is -0.408 e. The third-order valence-electron chi connectivity index (χ3n) is 6.07. The third kappa shape index (κ3) is 4.53. The van der Waals surface area contributed by atoms with Gasteiger partial charge in [0.1, 0.15) is 30.1 Å². The van der Waals surface area contributed by atoms with E-state index in [2.05, 4.69) is 15.6 Å². The van der Waals surface area contributed by atoms with Crippen molar-refractivity contribution in [1.29, 1.82) is 0 Å². The molecule has 1 aliphatic heterocycles. The second-order valence-corrected chi connectivity index (χ2v) is 8.23. The predicted molar refractivity (Wildman–Crippen MR) is 111 cm³/mol. The van der Waals surface area contributed by atoms with E-state index in [1.165, 1.54) is 6.42 Å². The van der Waals surface area contributed by atoms with Gasteiger partial charge in [-0.15, -0.1) is 0 Å². The molecule has 1 unspecified atom stereocenters. The molecule has 1 amide bonds. The Bertz CT molecular complexity index is 982. The van der Waals surface area contributed by atoms with E-state index in [0.717, 1.165) is 25.7 Å². The van der Waals surface area contributed by atoms with Gasteiger partial charge >= 0.3 is 5.76 Å². The zero-order valence-corrected chi connectivity index (χ0v) is 17.1. The van der Waals surface area contributed by atoms with E-state index < -0.39 is 17.8 Å². The van der Waals surface area contributed by atoms with Gasteiger partial charge in [-0.2, -0.15) is 4.98 Å². The van der Waals surface area contributed by atoms with Gasteiger partial charge in [-0.1, -0.05) is 44.2 Å². The van der Waals surface area contributed by atoms with Crippen LogP contribution < -0.4 is 16.4 Å². The van der Waals surface area contributed by atoms with Gasteiger partial charge in [-0.3, -0.25) is 9.59 Å². The number of aromatic nitrogens is 1. The largest absolute Gasteiger partial charge is 0.441 e. The van der Waals surface area contributed by atoms with Crippen molar-refractivity contribution in [2.24, 2.45) is 5.92 Å². The van der Waals surface area contributed by atoms with Crippen molar-refractivity contribution in [2.75, 3.05) is 11.9 Å². The third-order valence-corrected chi connectivity index (χ3v) is 6.07. The number of benzene rings is 1. The van der Waals surface area contributed by atoms with Crippen molar-refractivity contribution in [2.45, 2.75) is 63.6 Å². The van der Waals surface area contributed by atoms with E-state index in [4.69, 9.17) is 9.15 Å². The van der Waals surface area contributed by atoms with Gasteiger partial charge in [0, 0.05) is 0 Å². The summed E-state index contributed by atoms with van der Waals surface area (Å²) in [5.74, 6) is -0.409. The Labute approximate surface area is 174 Å². The summed E-state index contributed by atoms with van der Waals surface area (Å²) in [5.41, 5.74) is 0.407. The minimum atomic E-state index is -0.721. The van der Waals surface area contributed by atoms with Crippen LogP contribution >= 0.6 is 0 Å². The van der Waals surface area contributed by atoms with Crippen molar-refractivity contribution in [3.8, 4) is 0 Å². The molecule has 1 saturated heterocycles. The van der Waals surface area contributed by atoms with E-state index in [1.807, 2.05) is 6.07 Å². The summed E-state index contributed by atoms with van der Waals surface area (Å²) in [4.78, 5) is 41.2. The molecule has 1 aromatic heterocycles. The highest BCUT2D eigenvalue weighted by Gasteiger charge is 2.36. The summed E-state index contributed by atoms with van der Waals surface area (Å²) in [7, 11) is 0. The maximum Gasteiger partial charge on any atom is 0.441 e. The van der Waals surface area contributed by atoms with Crippen LogP contribution in [-0.2, 0) is 14.3 Å². The molecule has 8 nitrogen and oxygen atoms in total. The normalized spacial score (nSPS) is 23.4. The highest BCUT2D eigenvalue weighted by Crippen LogP contribution is 2.29. The number of rotatable bonds is 6. The van der Waals surface area contributed by atoms with Crippen molar-refractivity contribution in [3.05, 3.63) is 34.8 Å². The Morgan fingerprint density at radius 3 is 2.70 bits per heavy atom. The van der Waals surface area contributed by atoms with Crippen LogP contribution in [0, 0.1) is 5.92 Å². The van der Waals surface area contributed by atoms with E-state index in [0.29, 0.717) is 29.1 Å². The van der Waals surface area contributed by atoms with Crippen LogP contribution in [0.1, 0.15) is 45.4 Å². The van der Waals surface area contributed by atoms with Gasteiger partial charge in [0.15, 0.2) is 5.78 Å². The van der Waals surface area contributed by atoms with Crippen LogP contribution in [0.3, 0.4) is 0 Å². The maximum atomic E-state index is 13.2. The molecule has 0 radical (unpaired) electrons. The number of carbonyl (C=O) groups excluding carboxylic acids is 2. The molecule has 1 aromatic carbocycles. The molecule has 2 heterocycles. The van der Waals surface area contributed by atoms with E-state index in [-0.39, 0.29) is 24.4 Å². The van der Waals surface area contributed by atoms with E-state index in [1.54, 1.807) is 25.1 Å². The summed E-state index contributed by atoms with van der Waals surface area (Å²) >= 11 is 0. The molecule has 1 saturated carbocycles. The number of nitrogens with zero attached hydrogens (tertiary/aromatic N) is 1. The average molecular weight is 413 g/mol. The summed E-state index contributed by atoms with van der Waals surface area (Å²) in [5, 5.41) is 6.66. The number of Topliss-reactive ketones (excluding diaryl/α,β-unsaturated/α-hetero) is 1. The predicted octanol–water partition coefficient (Wildman–Crippen LogP) is 2.41. The van der Waals surface area contributed by atoms with Crippen LogP contribution in [0.4, 0.5) is 5.82 Å². The molecule has 160 valence electrons. The number of fused-ring (bicyclic) bond motifs is 1. The molecule has 2 fully saturated rings. The number of carbonyl (C=O) groups is 2. The minimum absolute atomic E-state index is 0.0127. The lowest BCUT2D eigenvalue weighted by atomic mass is 9.84. The first-order valence-electron chi connectivity index (χ1n) is 10.6. The number of amides is 1. The first-order chi connectivity index (χ1) is 14.5. The Morgan fingerprint density at radius 2 is 1.97 bits per heavy atom. The molecule has 2 N–H and O–H groups in total. The van der Waals surface area contributed by atoms with Gasteiger partial charge in [0.2, 0.25) is 5.91 Å². The molecule has 2 aliphatic rings. The Hall–Kier alpha value is -2.74. The lowest BCUT2D eigenvalue weighted by Gasteiger charge is -2.28. The van der Waals surface area contributed by atoms with Gasteiger partial charge in [-0.25, -0.2) is 4.79 Å². The molecule has 2 aromatic rings. The average Bonchev–Trinajstić information content (AvgIpc) is 3.06. The first-order valence-corrected chi connectivity index (χ1v) is 10.6. The molecule has 3 atom stereocenters. The summed E-state index contributed by atoms with van der Waals surface area (Å²) in [6.07, 6.45) is 5.91. The fourth-order valence-electron chi connectivity index (χ4n) is 4.40. The number of ketones is 1. The monoisotopic (exact) mass is 413 g/mol. The van der Waals surface area contributed by atoms with Crippen LogP contribution in [0.2, 0.25) is 0 Å². The zero-order chi connectivity index (χ0) is 21.1. The summed E-state index contributed by atoms with van der Waals surface area (Å²) in [6, 6.07) is 5.80. The number of ether oxygens (including phenoxy) is 1. The molecule has 30 heavy (non-hydrogen) atoms. The number of hydrogen-bond donors (Lipinski definition) is 2. The summed E-state index contributed by atoms with van der Waals surface area (Å²) in [6.45, 7) is 1.79. The van der Waals surface area contributed by atoms with Crippen molar-refractivity contribution >= 4 is 28.5 Å². The number of nitrogens with one attached hydrogen (secondary N) is 2. The molecular formula is C22H27N3O5. The lowest BCUT2D eigenvalue weighted by molar-refractivity contribution is -0.127. The second-order valence-electron chi connectivity index (χ2n) is 8.23. The van der Waals surface area contributed by atoms with Gasteiger partial charge < -0.3 is 19.8 Å². The number of hydrogen-bond acceptors (Lipinski definition) is 7. The van der Waals surface area contributed by atoms with Gasteiger partial charge in [0.05, 0.1) is 11.5 Å². The van der Waals surface area contributed by atoms with Crippen molar-refractivity contribution < 1.29 is 18.7 Å². The molecule has 0 bridgehead atoms. The fourth-order valence-corrected chi connectivity index (χ4v) is 4.40. The number of anilines is 1. The lowest BCUT2D eigenvalue weighted by Crippen LogP contribution is -2.50. The van der Waals surface area contributed by atoms with E-state index >= 15 is 0 Å². The molecular weight excluding hydrogens is 386 g/mol. The molecule has 0 spiro atoms. The quantitative estimate of drug-likeness (QED) is 0.748. The van der Waals surface area contributed by atoms with Crippen LogP contribution in [0.15, 0.2) is 33.5 Å². The topological polar surface area (TPSA) is 111 Å². The van der Waals surface area contributed by atoms with E-state index in [9.17, 15) is 14.4 Å².